The Balaban J connectivity index is 1.38. The van der Waals surface area contributed by atoms with Gasteiger partial charge in [0.15, 0.2) is 0 Å². The van der Waals surface area contributed by atoms with Crippen molar-refractivity contribution in [1.29, 1.82) is 0 Å². The summed E-state index contributed by atoms with van der Waals surface area (Å²) in [6.45, 7) is 0. The van der Waals surface area contributed by atoms with Crippen LogP contribution in [0.1, 0.15) is 0 Å². The van der Waals surface area contributed by atoms with Gasteiger partial charge in [0, 0.05) is 55.1 Å². The van der Waals surface area contributed by atoms with E-state index in [1.165, 1.54) is 5.39 Å². The molecule has 2 aromatic heterocycles. The molecule has 2 heterocycles. The number of para-hydroxylation sites is 2. The highest BCUT2D eigenvalue weighted by molar-refractivity contribution is 6.23. The predicted molar refractivity (Wildman–Crippen MR) is 171 cm³/mol. The number of rotatable bonds is 3. The van der Waals surface area contributed by atoms with E-state index in [4.69, 9.17) is 8.83 Å². The lowest BCUT2D eigenvalue weighted by atomic mass is 10.0. The summed E-state index contributed by atoms with van der Waals surface area (Å²) < 4.78 is 13.0. The summed E-state index contributed by atoms with van der Waals surface area (Å²) in [5.74, 6) is 0. The first-order valence-corrected chi connectivity index (χ1v) is 13.9. The maximum absolute atomic E-state index is 6.68. The number of furan rings is 2. The number of anilines is 3. The smallest absolute Gasteiger partial charge is 0.143 e. The zero-order valence-corrected chi connectivity index (χ0v) is 22.0. The maximum atomic E-state index is 6.68. The molecule has 0 aliphatic rings. The van der Waals surface area contributed by atoms with Gasteiger partial charge in [0.2, 0.25) is 0 Å². The van der Waals surface area contributed by atoms with Crippen LogP contribution in [0.5, 0.6) is 0 Å². The first-order chi connectivity index (χ1) is 20.3. The minimum Gasteiger partial charge on any atom is -0.456 e. The molecule has 0 N–H and O–H groups in total. The second kappa shape index (κ2) is 8.48. The molecule has 0 spiro atoms. The van der Waals surface area contributed by atoms with E-state index in [0.717, 1.165) is 77.1 Å². The maximum Gasteiger partial charge on any atom is 0.143 e. The van der Waals surface area contributed by atoms with Crippen LogP contribution < -0.4 is 4.90 Å². The Morgan fingerprint density at radius 3 is 1.88 bits per heavy atom. The van der Waals surface area contributed by atoms with Gasteiger partial charge in [-0.1, -0.05) is 91.0 Å². The fraction of sp³-hybridized carbons (Fsp3) is 0. The van der Waals surface area contributed by atoms with E-state index in [1.54, 1.807) is 0 Å². The third-order valence-electron chi connectivity index (χ3n) is 8.22. The van der Waals surface area contributed by atoms with Gasteiger partial charge in [-0.3, -0.25) is 0 Å². The molecule has 3 heteroatoms. The van der Waals surface area contributed by atoms with Gasteiger partial charge in [-0.25, -0.2) is 0 Å². The van der Waals surface area contributed by atoms with Crippen molar-refractivity contribution in [3.8, 4) is 0 Å². The summed E-state index contributed by atoms with van der Waals surface area (Å²) >= 11 is 0. The molecule has 0 aliphatic carbocycles. The van der Waals surface area contributed by atoms with Crippen LogP contribution in [0.2, 0.25) is 0 Å². The first kappa shape index (κ1) is 22.3. The molecule has 0 bridgehead atoms. The number of benzene rings is 7. The third kappa shape index (κ3) is 3.26. The Hall–Kier alpha value is -5.54. The van der Waals surface area contributed by atoms with Crippen molar-refractivity contribution in [1.82, 2.24) is 0 Å². The van der Waals surface area contributed by atoms with Gasteiger partial charge in [0.25, 0.3) is 0 Å². The first-order valence-electron chi connectivity index (χ1n) is 13.9. The van der Waals surface area contributed by atoms with Crippen molar-refractivity contribution >= 4 is 82.5 Å². The SMILES string of the molecule is c1ccc(N(c2ccc3c(c2)oc2ccccc23)c2cc3c4ccc5ccccc5c4oc3c3ccccc23)cc1. The molecular weight excluding hydrogens is 502 g/mol. The molecule has 7 aromatic carbocycles. The molecule has 3 nitrogen and oxygen atoms in total. The van der Waals surface area contributed by atoms with Crippen molar-refractivity contribution in [2.45, 2.75) is 0 Å². The Bertz CT molecular complexity index is 2430. The molecule has 0 unspecified atom stereocenters. The number of fused-ring (bicyclic) bond motifs is 10. The van der Waals surface area contributed by atoms with Crippen molar-refractivity contribution < 1.29 is 8.83 Å². The van der Waals surface area contributed by atoms with Gasteiger partial charge in [-0.15, -0.1) is 0 Å². The lowest BCUT2D eigenvalue weighted by molar-refractivity contribution is 0.669. The van der Waals surface area contributed by atoms with Crippen LogP contribution in [0.4, 0.5) is 17.1 Å². The van der Waals surface area contributed by atoms with Crippen LogP contribution in [0.15, 0.2) is 148 Å². The van der Waals surface area contributed by atoms with Crippen LogP contribution in [0, 0.1) is 0 Å². The number of nitrogens with zero attached hydrogens (tertiary/aromatic N) is 1. The highest BCUT2D eigenvalue weighted by Gasteiger charge is 2.21. The van der Waals surface area contributed by atoms with Crippen LogP contribution in [0.3, 0.4) is 0 Å². The fourth-order valence-corrected chi connectivity index (χ4v) is 6.35. The highest BCUT2D eigenvalue weighted by Crippen LogP contribution is 2.46. The standard InChI is InChI=1S/C38H23NO2/c1-2-11-25(12-3-1)39(26-19-21-30-29-15-8-9-17-35(29)40-36(30)22-26)34-23-33-32-20-18-24-10-4-5-13-27(24)37(32)41-38(33)31-16-7-6-14-28(31)34/h1-23H. The summed E-state index contributed by atoms with van der Waals surface area (Å²) in [7, 11) is 0. The highest BCUT2D eigenvalue weighted by atomic mass is 16.3. The molecule has 9 rings (SSSR count). The Labute approximate surface area is 235 Å². The normalized spacial score (nSPS) is 11.9. The van der Waals surface area contributed by atoms with Crippen molar-refractivity contribution in [3.05, 3.63) is 140 Å². The van der Waals surface area contributed by atoms with Gasteiger partial charge in [-0.2, -0.15) is 0 Å². The molecule has 0 atom stereocenters. The fourth-order valence-electron chi connectivity index (χ4n) is 6.35. The van der Waals surface area contributed by atoms with E-state index in [9.17, 15) is 0 Å². The molecule has 0 saturated heterocycles. The third-order valence-corrected chi connectivity index (χ3v) is 8.22. The summed E-state index contributed by atoms with van der Waals surface area (Å²) in [6.07, 6.45) is 0. The van der Waals surface area contributed by atoms with Crippen LogP contribution in [-0.4, -0.2) is 0 Å². The van der Waals surface area contributed by atoms with Crippen molar-refractivity contribution in [3.63, 3.8) is 0 Å². The van der Waals surface area contributed by atoms with Gasteiger partial charge < -0.3 is 13.7 Å². The molecule has 0 aliphatic heterocycles. The molecular formula is C38H23NO2. The second-order valence-electron chi connectivity index (χ2n) is 10.5. The van der Waals surface area contributed by atoms with Gasteiger partial charge in [0.05, 0.1) is 5.69 Å². The zero-order valence-electron chi connectivity index (χ0n) is 22.0. The Morgan fingerprint density at radius 2 is 1.00 bits per heavy atom. The van der Waals surface area contributed by atoms with E-state index in [0.29, 0.717) is 0 Å². The Kier molecular flexibility index (Phi) is 4.61. The lowest BCUT2D eigenvalue weighted by Gasteiger charge is -2.27. The lowest BCUT2D eigenvalue weighted by Crippen LogP contribution is -2.10. The topological polar surface area (TPSA) is 29.5 Å². The predicted octanol–water partition coefficient (Wildman–Crippen LogP) is 11.3. The molecule has 0 radical (unpaired) electrons. The van der Waals surface area contributed by atoms with E-state index >= 15 is 0 Å². The van der Waals surface area contributed by atoms with Crippen LogP contribution >= 0.6 is 0 Å². The molecule has 0 amide bonds. The van der Waals surface area contributed by atoms with E-state index in [-0.39, 0.29) is 0 Å². The average Bonchev–Trinajstić information content (AvgIpc) is 3.60. The summed E-state index contributed by atoms with van der Waals surface area (Å²) in [5, 5.41) is 8.98. The minimum absolute atomic E-state index is 0.871. The number of hydrogen-bond donors (Lipinski definition) is 0. The summed E-state index contributed by atoms with van der Waals surface area (Å²) in [5.41, 5.74) is 6.80. The zero-order chi connectivity index (χ0) is 26.9. The van der Waals surface area contributed by atoms with Crippen LogP contribution in [-0.2, 0) is 0 Å². The van der Waals surface area contributed by atoms with Gasteiger partial charge >= 0.3 is 0 Å². The molecule has 0 saturated carbocycles. The molecule has 0 fully saturated rings. The summed E-state index contributed by atoms with van der Waals surface area (Å²) in [4.78, 5) is 2.33. The second-order valence-corrected chi connectivity index (χ2v) is 10.5. The Morgan fingerprint density at radius 1 is 0.366 bits per heavy atom. The molecule has 192 valence electrons. The minimum atomic E-state index is 0.871. The molecule has 9 aromatic rings. The monoisotopic (exact) mass is 525 g/mol. The van der Waals surface area contributed by atoms with Crippen LogP contribution in [0.25, 0.3) is 65.4 Å². The van der Waals surface area contributed by atoms with Crippen molar-refractivity contribution in [2.24, 2.45) is 0 Å². The number of hydrogen-bond acceptors (Lipinski definition) is 3. The largest absolute Gasteiger partial charge is 0.456 e. The van der Waals surface area contributed by atoms with E-state index in [2.05, 4.69) is 132 Å². The van der Waals surface area contributed by atoms with Gasteiger partial charge in [-0.05, 0) is 47.9 Å². The van der Waals surface area contributed by atoms with E-state index in [1.807, 2.05) is 12.1 Å². The van der Waals surface area contributed by atoms with E-state index < -0.39 is 0 Å². The quantitative estimate of drug-likeness (QED) is 0.230. The average molecular weight is 526 g/mol. The van der Waals surface area contributed by atoms with Gasteiger partial charge in [0.1, 0.15) is 22.3 Å². The summed E-state index contributed by atoms with van der Waals surface area (Å²) in [6, 6.07) is 48.9. The van der Waals surface area contributed by atoms with Crippen molar-refractivity contribution in [2.75, 3.05) is 4.90 Å². The molecule has 41 heavy (non-hydrogen) atoms.